The minimum Gasteiger partial charge on any atom is -0.480 e. The Labute approximate surface area is 91.9 Å². The SMILES string of the molecule is Cc1cc(C(=O)N[C@H](C)C(=O)O)sc1C. The molecular formula is C10H13NO3S. The van der Waals surface area contributed by atoms with E-state index in [0.29, 0.717) is 4.88 Å². The molecule has 1 rings (SSSR count). The van der Waals surface area contributed by atoms with Crippen molar-refractivity contribution in [2.75, 3.05) is 0 Å². The lowest BCUT2D eigenvalue weighted by atomic mass is 10.2. The molecule has 15 heavy (non-hydrogen) atoms. The maximum atomic E-state index is 11.6. The molecule has 0 saturated heterocycles. The van der Waals surface area contributed by atoms with Crippen LogP contribution in [-0.2, 0) is 4.79 Å². The van der Waals surface area contributed by atoms with Gasteiger partial charge in [0.1, 0.15) is 6.04 Å². The fraction of sp³-hybridized carbons (Fsp3) is 0.400. The van der Waals surface area contributed by atoms with Crippen molar-refractivity contribution >= 4 is 23.2 Å². The molecule has 0 aliphatic rings. The quantitative estimate of drug-likeness (QED) is 0.823. The van der Waals surface area contributed by atoms with Crippen molar-refractivity contribution in [3.63, 3.8) is 0 Å². The number of carboxylic acids is 1. The van der Waals surface area contributed by atoms with E-state index >= 15 is 0 Å². The highest BCUT2D eigenvalue weighted by Gasteiger charge is 2.16. The molecule has 1 aromatic heterocycles. The second kappa shape index (κ2) is 4.44. The Morgan fingerprint density at radius 1 is 1.47 bits per heavy atom. The molecule has 2 N–H and O–H groups in total. The van der Waals surface area contributed by atoms with Crippen molar-refractivity contribution in [1.29, 1.82) is 0 Å². The summed E-state index contributed by atoms with van der Waals surface area (Å²) in [5.74, 6) is -1.36. The molecule has 5 heteroatoms. The molecule has 0 radical (unpaired) electrons. The number of nitrogens with one attached hydrogen (secondary N) is 1. The van der Waals surface area contributed by atoms with Crippen molar-refractivity contribution in [3.05, 3.63) is 21.4 Å². The predicted octanol–water partition coefficient (Wildman–Crippen LogP) is 1.57. The van der Waals surface area contributed by atoms with Gasteiger partial charge >= 0.3 is 5.97 Å². The first kappa shape index (κ1) is 11.7. The molecule has 0 aliphatic carbocycles. The Morgan fingerprint density at radius 3 is 2.47 bits per heavy atom. The summed E-state index contributed by atoms with van der Waals surface area (Å²) in [5.41, 5.74) is 1.05. The minimum absolute atomic E-state index is 0.328. The van der Waals surface area contributed by atoms with Gasteiger partial charge in [-0.2, -0.15) is 0 Å². The lowest BCUT2D eigenvalue weighted by Crippen LogP contribution is -2.37. The lowest BCUT2D eigenvalue weighted by Gasteiger charge is -2.07. The maximum absolute atomic E-state index is 11.6. The molecular weight excluding hydrogens is 214 g/mol. The van der Waals surface area contributed by atoms with Crippen LogP contribution in [0.15, 0.2) is 6.07 Å². The summed E-state index contributed by atoms with van der Waals surface area (Å²) < 4.78 is 0. The van der Waals surface area contributed by atoms with Crippen LogP contribution in [0.5, 0.6) is 0 Å². The first-order chi connectivity index (χ1) is 6.91. The van der Waals surface area contributed by atoms with E-state index in [1.165, 1.54) is 18.3 Å². The van der Waals surface area contributed by atoms with Gasteiger partial charge in [0.15, 0.2) is 0 Å². The van der Waals surface area contributed by atoms with E-state index in [2.05, 4.69) is 5.32 Å². The Morgan fingerprint density at radius 2 is 2.07 bits per heavy atom. The zero-order valence-electron chi connectivity index (χ0n) is 8.83. The highest BCUT2D eigenvalue weighted by Crippen LogP contribution is 2.20. The van der Waals surface area contributed by atoms with E-state index in [-0.39, 0.29) is 5.91 Å². The molecule has 0 fully saturated rings. The van der Waals surface area contributed by atoms with Gasteiger partial charge in [0.2, 0.25) is 0 Å². The molecule has 0 bridgehead atoms. The molecule has 0 unspecified atom stereocenters. The molecule has 1 heterocycles. The van der Waals surface area contributed by atoms with E-state index in [9.17, 15) is 9.59 Å². The Bertz CT molecular complexity index is 378. The highest BCUT2D eigenvalue weighted by atomic mass is 32.1. The van der Waals surface area contributed by atoms with E-state index in [1.54, 1.807) is 6.07 Å². The number of hydrogen-bond donors (Lipinski definition) is 2. The van der Waals surface area contributed by atoms with Gasteiger partial charge in [-0.3, -0.25) is 9.59 Å². The molecule has 1 aromatic rings. The van der Waals surface area contributed by atoms with E-state index in [4.69, 9.17) is 5.11 Å². The monoisotopic (exact) mass is 227 g/mol. The first-order valence-electron chi connectivity index (χ1n) is 4.52. The molecule has 82 valence electrons. The zero-order valence-corrected chi connectivity index (χ0v) is 9.64. The third-order valence-corrected chi connectivity index (χ3v) is 3.26. The van der Waals surface area contributed by atoms with Crippen molar-refractivity contribution in [3.8, 4) is 0 Å². The van der Waals surface area contributed by atoms with Crippen LogP contribution in [0.2, 0.25) is 0 Å². The Kier molecular flexibility index (Phi) is 3.47. The zero-order chi connectivity index (χ0) is 11.6. The first-order valence-corrected chi connectivity index (χ1v) is 5.34. The average Bonchev–Trinajstić information content (AvgIpc) is 2.46. The Hall–Kier alpha value is -1.36. The van der Waals surface area contributed by atoms with Crippen molar-refractivity contribution in [1.82, 2.24) is 5.32 Å². The van der Waals surface area contributed by atoms with Crippen LogP contribution < -0.4 is 5.32 Å². The topological polar surface area (TPSA) is 66.4 Å². The molecule has 0 aromatic carbocycles. The number of carbonyl (C=O) groups excluding carboxylic acids is 1. The smallest absolute Gasteiger partial charge is 0.325 e. The third kappa shape index (κ3) is 2.79. The molecule has 1 amide bonds. The number of carbonyl (C=O) groups is 2. The molecule has 0 aliphatic heterocycles. The fourth-order valence-electron chi connectivity index (χ4n) is 1.01. The summed E-state index contributed by atoms with van der Waals surface area (Å²) in [6.07, 6.45) is 0. The van der Waals surface area contributed by atoms with Gasteiger partial charge in [-0.15, -0.1) is 11.3 Å². The molecule has 1 atom stereocenters. The average molecular weight is 227 g/mol. The van der Waals surface area contributed by atoms with Crippen LogP contribution in [0, 0.1) is 13.8 Å². The van der Waals surface area contributed by atoms with Crippen molar-refractivity contribution in [2.45, 2.75) is 26.8 Å². The van der Waals surface area contributed by atoms with Crippen LogP contribution >= 0.6 is 11.3 Å². The van der Waals surface area contributed by atoms with Crippen LogP contribution in [0.3, 0.4) is 0 Å². The van der Waals surface area contributed by atoms with Gasteiger partial charge in [0, 0.05) is 4.88 Å². The van der Waals surface area contributed by atoms with Crippen LogP contribution in [0.25, 0.3) is 0 Å². The molecule has 4 nitrogen and oxygen atoms in total. The summed E-state index contributed by atoms with van der Waals surface area (Å²) in [6.45, 7) is 5.29. The number of aliphatic carboxylic acids is 1. The lowest BCUT2D eigenvalue weighted by molar-refractivity contribution is -0.138. The summed E-state index contributed by atoms with van der Waals surface area (Å²) in [4.78, 5) is 23.7. The van der Waals surface area contributed by atoms with Crippen molar-refractivity contribution in [2.24, 2.45) is 0 Å². The second-order valence-electron chi connectivity index (χ2n) is 3.38. The molecule has 0 spiro atoms. The van der Waals surface area contributed by atoms with Crippen LogP contribution in [0.4, 0.5) is 0 Å². The van der Waals surface area contributed by atoms with Crippen LogP contribution in [-0.4, -0.2) is 23.0 Å². The number of thiophene rings is 1. The summed E-state index contributed by atoms with van der Waals surface area (Å²) in [7, 11) is 0. The van der Waals surface area contributed by atoms with Gasteiger partial charge in [-0.25, -0.2) is 0 Å². The van der Waals surface area contributed by atoms with Gasteiger partial charge in [0.25, 0.3) is 5.91 Å². The minimum atomic E-state index is -1.03. The second-order valence-corrected chi connectivity index (χ2v) is 4.64. The fourth-order valence-corrected chi connectivity index (χ4v) is 1.95. The number of carboxylic acid groups (broad SMARTS) is 1. The normalized spacial score (nSPS) is 12.2. The van der Waals surface area contributed by atoms with Crippen LogP contribution in [0.1, 0.15) is 27.0 Å². The van der Waals surface area contributed by atoms with E-state index in [0.717, 1.165) is 10.4 Å². The number of aryl methyl sites for hydroxylation is 2. The largest absolute Gasteiger partial charge is 0.480 e. The van der Waals surface area contributed by atoms with Gasteiger partial charge in [-0.05, 0) is 32.4 Å². The summed E-state index contributed by atoms with van der Waals surface area (Å²) >= 11 is 1.37. The summed E-state index contributed by atoms with van der Waals surface area (Å²) in [5, 5.41) is 11.0. The van der Waals surface area contributed by atoms with E-state index in [1.807, 2.05) is 13.8 Å². The number of hydrogen-bond acceptors (Lipinski definition) is 3. The Balaban J connectivity index is 2.73. The third-order valence-electron chi connectivity index (χ3n) is 2.11. The van der Waals surface area contributed by atoms with Gasteiger partial charge < -0.3 is 10.4 Å². The van der Waals surface area contributed by atoms with Crippen molar-refractivity contribution < 1.29 is 14.7 Å². The van der Waals surface area contributed by atoms with E-state index < -0.39 is 12.0 Å². The summed E-state index contributed by atoms with van der Waals surface area (Å²) in [6, 6.07) is 0.907. The highest BCUT2D eigenvalue weighted by molar-refractivity contribution is 7.14. The number of rotatable bonds is 3. The molecule has 0 saturated carbocycles. The number of amides is 1. The predicted molar refractivity (Wildman–Crippen MR) is 58.4 cm³/mol. The standard InChI is InChI=1S/C10H13NO3S/c1-5-4-8(15-7(5)3)9(12)11-6(2)10(13)14/h4,6H,1-3H3,(H,11,12)(H,13,14)/t6-/m1/s1. The van der Waals surface area contributed by atoms with Gasteiger partial charge in [0.05, 0.1) is 4.88 Å². The van der Waals surface area contributed by atoms with Gasteiger partial charge in [-0.1, -0.05) is 0 Å². The maximum Gasteiger partial charge on any atom is 0.325 e.